The van der Waals surface area contributed by atoms with Crippen LogP contribution in [0.2, 0.25) is 10.0 Å². The van der Waals surface area contributed by atoms with E-state index in [0.29, 0.717) is 44.1 Å². The molecule has 0 bridgehead atoms. The third-order valence-corrected chi connectivity index (χ3v) is 7.26. The first-order valence-electron chi connectivity index (χ1n) is 12.0. The Kier molecular flexibility index (Phi) is 9.35. The monoisotopic (exact) mass is 584 g/mol. The molecular weight excluding hydrogens is 559 g/mol. The lowest BCUT2D eigenvalue weighted by atomic mass is 10.1. The fraction of sp³-hybridized carbons (Fsp3) is 0.138. The van der Waals surface area contributed by atoms with Gasteiger partial charge in [0, 0.05) is 10.6 Å². The summed E-state index contributed by atoms with van der Waals surface area (Å²) in [5.41, 5.74) is 1.40. The smallest absolute Gasteiger partial charge is 0.251 e. The number of halogens is 2. The zero-order valence-electron chi connectivity index (χ0n) is 21.0. The van der Waals surface area contributed by atoms with Crippen LogP contribution >= 0.6 is 23.2 Å². The minimum atomic E-state index is -3.72. The number of carbonyl (C=O) groups is 1. The van der Waals surface area contributed by atoms with Crippen LogP contribution in [0, 0.1) is 0 Å². The molecule has 10 heteroatoms. The largest absolute Gasteiger partial charge is 0.490 e. The number of para-hydroxylation sites is 2. The molecular formula is C29H26Cl2N2O5S. The molecule has 0 aliphatic carbocycles. The van der Waals surface area contributed by atoms with Gasteiger partial charge in [0.25, 0.3) is 5.91 Å². The van der Waals surface area contributed by atoms with E-state index in [2.05, 4.69) is 5.32 Å². The van der Waals surface area contributed by atoms with Crippen molar-refractivity contribution in [3.8, 4) is 17.2 Å². The lowest BCUT2D eigenvalue weighted by molar-refractivity contribution is 0.0947. The van der Waals surface area contributed by atoms with Crippen molar-refractivity contribution in [3.05, 3.63) is 118 Å². The van der Waals surface area contributed by atoms with E-state index in [-0.39, 0.29) is 25.6 Å². The molecule has 4 rings (SSSR count). The molecule has 0 saturated heterocycles. The van der Waals surface area contributed by atoms with E-state index in [0.717, 1.165) is 6.26 Å². The highest BCUT2D eigenvalue weighted by Gasteiger charge is 2.23. The minimum Gasteiger partial charge on any atom is -0.490 e. The van der Waals surface area contributed by atoms with E-state index in [9.17, 15) is 13.2 Å². The Morgan fingerprint density at radius 1 is 0.872 bits per heavy atom. The molecule has 0 aliphatic heterocycles. The van der Waals surface area contributed by atoms with Gasteiger partial charge in [-0.2, -0.15) is 0 Å². The summed E-state index contributed by atoms with van der Waals surface area (Å²) in [4.78, 5) is 12.6. The maximum absolute atomic E-state index is 12.8. The van der Waals surface area contributed by atoms with E-state index < -0.39 is 10.0 Å². The number of benzene rings is 4. The first-order chi connectivity index (χ1) is 18.7. The summed E-state index contributed by atoms with van der Waals surface area (Å²) >= 11 is 12.3. The van der Waals surface area contributed by atoms with E-state index in [1.807, 2.05) is 30.3 Å². The highest BCUT2D eigenvalue weighted by molar-refractivity contribution is 7.92. The van der Waals surface area contributed by atoms with Gasteiger partial charge < -0.3 is 14.8 Å². The van der Waals surface area contributed by atoms with Crippen molar-refractivity contribution < 1.29 is 22.7 Å². The zero-order chi connectivity index (χ0) is 27.8. The number of amides is 1. The van der Waals surface area contributed by atoms with Gasteiger partial charge >= 0.3 is 0 Å². The van der Waals surface area contributed by atoms with Gasteiger partial charge in [-0.15, -0.1) is 0 Å². The molecule has 0 saturated carbocycles. The number of carbonyl (C=O) groups excluding carboxylic acids is 1. The number of ether oxygens (including phenoxy) is 2. The van der Waals surface area contributed by atoms with Crippen LogP contribution in [0.5, 0.6) is 17.2 Å². The van der Waals surface area contributed by atoms with E-state index in [1.54, 1.807) is 66.7 Å². The molecule has 0 atom stereocenters. The molecule has 39 heavy (non-hydrogen) atoms. The first kappa shape index (κ1) is 28.3. The average molecular weight is 586 g/mol. The third-order valence-electron chi connectivity index (χ3n) is 5.59. The molecule has 0 fully saturated rings. The number of rotatable bonds is 11. The summed E-state index contributed by atoms with van der Waals surface area (Å²) in [7, 11) is -3.72. The summed E-state index contributed by atoms with van der Waals surface area (Å²) < 4.78 is 38.5. The number of nitrogens with zero attached hydrogens (tertiary/aromatic N) is 1. The quantitative estimate of drug-likeness (QED) is 0.202. The van der Waals surface area contributed by atoms with Crippen LogP contribution in [0.4, 0.5) is 5.69 Å². The summed E-state index contributed by atoms with van der Waals surface area (Å²) in [6.07, 6.45) is 1.12. The molecule has 0 spiro atoms. The van der Waals surface area contributed by atoms with Gasteiger partial charge in [-0.1, -0.05) is 65.7 Å². The van der Waals surface area contributed by atoms with Crippen molar-refractivity contribution in [2.75, 3.05) is 23.7 Å². The molecule has 7 nitrogen and oxygen atoms in total. The van der Waals surface area contributed by atoms with Gasteiger partial charge in [0.2, 0.25) is 10.0 Å². The molecule has 0 aromatic heterocycles. The Balaban J connectivity index is 1.44. The third kappa shape index (κ3) is 7.89. The van der Waals surface area contributed by atoms with Gasteiger partial charge in [0.15, 0.2) is 5.75 Å². The fourth-order valence-corrected chi connectivity index (χ4v) is 4.93. The second kappa shape index (κ2) is 12.9. The molecule has 0 heterocycles. The first-order valence-corrected chi connectivity index (χ1v) is 14.6. The maximum atomic E-state index is 12.8. The van der Waals surface area contributed by atoms with Crippen molar-refractivity contribution in [2.45, 2.75) is 6.54 Å². The van der Waals surface area contributed by atoms with Crippen LogP contribution in [-0.4, -0.2) is 33.7 Å². The number of anilines is 1. The van der Waals surface area contributed by atoms with Gasteiger partial charge in [-0.05, 0) is 60.2 Å². The Labute approximate surface area is 237 Å². The van der Waals surface area contributed by atoms with E-state index >= 15 is 0 Å². The fourth-order valence-electron chi connectivity index (χ4n) is 3.69. The van der Waals surface area contributed by atoms with Crippen molar-refractivity contribution in [1.82, 2.24) is 5.32 Å². The summed E-state index contributed by atoms with van der Waals surface area (Å²) in [5, 5.41) is 3.66. The Morgan fingerprint density at radius 2 is 1.56 bits per heavy atom. The van der Waals surface area contributed by atoms with Crippen molar-refractivity contribution in [3.63, 3.8) is 0 Å². The Morgan fingerprint density at radius 3 is 2.26 bits per heavy atom. The number of nitrogens with one attached hydrogen (secondary N) is 1. The van der Waals surface area contributed by atoms with Gasteiger partial charge in [0.05, 0.1) is 30.1 Å². The molecule has 4 aromatic rings. The molecule has 1 amide bonds. The Bertz CT molecular complexity index is 1530. The number of hydrogen-bond donors (Lipinski definition) is 1. The number of sulfonamides is 1. The zero-order valence-corrected chi connectivity index (χ0v) is 23.3. The van der Waals surface area contributed by atoms with Crippen molar-refractivity contribution in [2.24, 2.45) is 0 Å². The molecule has 0 radical (unpaired) electrons. The molecule has 1 N–H and O–H groups in total. The summed E-state index contributed by atoms with van der Waals surface area (Å²) in [6, 6.07) is 27.7. The van der Waals surface area contributed by atoms with Crippen LogP contribution in [0.15, 0.2) is 97.1 Å². The standard InChI is InChI=1S/C29H26Cl2N2O5S/c1-39(35,36)33(26-19-23(30)15-16-28(26)38-24-7-3-2-4-8-24)20-21-11-13-22(14-12-21)29(34)32-17-18-37-27-10-6-5-9-25(27)31/h2-16,19H,17-18,20H2,1H3,(H,32,34). The Hall–Kier alpha value is -3.72. The molecule has 0 aliphatic rings. The van der Waals surface area contributed by atoms with E-state index in [1.165, 1.54) is 4.31 Å². The lowest BCUT2D eigenvalue weighted by Crippen LogP contribution is -2.30. The van der Waals surface area contributed by atoms with Crippen LogP contribution in [0.1, 0.15) is 15.9 Å². The van der Waals surface area contributed by atoms with Crippen molar-refractivity contribution >= 4 is 44.8 Å². The van der Waals surface area contributed by atoms with Crippen LogP contribution < -0.4 is 19.1 Å². The van der Waals surface area contributed by atoms with Crippen molar-refractivity contribution in [1.29, 1.82) is 0 Å². The second-order valence-corrected chi connectivity index (χ2v) is 11.3. The summed E-state index contributed by atoms with van der Waals surface area (Å²) in [5.74, 6) is 1.16. The topological polar surface area (TPSA) is 84.9 Å². The average Bonchev–Trinajstić information content (AvgIpc) is 2.92. The highest BCUT2D eigenvalue weighted by atomic mass is 35.5. The minimum absolute atomic E-state index is 0.0118. The maximum Gasteiger partial charge on any atom is 0.251 e. The predicted molar refractivity (Wildman–Crippen MR) is 155 cm³/mol. The van der Waals surface area contributed by atoms with E-state index in [4.69, 9.17) is 32.7 Å². The molecule has 4 aromatic carbocycles. The lowest BCUT2D eigenvalue weighted by Gasteiger charge is -2.25. The molecule has 0 unspecified atom stereocenters. The predicted octanol–water partition coefficient (Wildman–Crippen LogP) is 6.56. The van der Waals surface area contributed by atoms with Gasteiger partial charge in [0.1, 0.15) is 18.1 Å². The highest BCUT2D eigenvalue weighted by Crippen LogP contribution is 2.37. The normalized spacial score (nSPS) is 11.1. The SMILES string of the molecule is CS(=O)(=O)N(Cc1ccc(C(=O)NCCOc2ccccc2Cl)cc1)c1cc(Cl)ccc1Oc1ccccc1. The number of hydrogen-bond acceptors (Lipinski definition) is 5. The second-order valence-electron chi connectivity index (χ2n) is 8.53. The van der Waals surface area contributed by atoms with Crippen LogP contribution in [-0.2, 0) is 16.6 Å². The van der Waals surface area contributed by atoms with Crippen LogP contribution in [0.25, 0.3) is 0 Å². The van der Waals surface area contributed by atoms with Gasteiger partial charge in [-0.25, -0.2) is 8.42 Å². The van der Waals surface area contributed by atoms with Gasteiger partial charge in [-0.3, -0.25) is 9.10 Å². The summed E-state index contributed by atoms with van der Waals surface area (Å²) in [6.45, 7) is 0.550. The van der Waals surface area contributed by atoms with Crippen LogP contribution in [0.3, 0.4) is 0 Å². The molecule has 202 valence electrons.